The molecule has 0 saturated heterocycles. The first-order valence-electron chi connectivity index (χ1n) is 47.5. The van der Waals surface area contributed by atoms with Crippen molar-refractivity contribution in [3.8, 4) is 22.8 Å². The molecule has 3 heterocycles. The van der Waals surface area contributed by atoms with Crippen LogP contribution in [0.25, 0.3) is 17.1 Å². The molecule has 10 aromatic rings. The highest BCUT2D eigenvalue weighted by Gasteiger charge is 2.37. The summed E-state index contributed by atoms with van der Waals surface area (Å²) in [6.45, 7) is 18.7. The molecular formula is C101H124Cl6N16O19. The Morgan fingerprint density at radius 3 is 1.15 bits per heavy atom. The van der Waals surface area contributed by atoms with Gasteiger partial charge in [-0.25, -0.2) is 33.9 Å². The van der Waals surface area contributed by atoms with Gasteiger partial charge in [-0.05, 0) is 226 Å². The van der Waals surface area contributed by atoms with Crippen LogP contribution in [0, 0.1) is 36.5 Å². The summed E-state index contributed by atoms with van der Waals surface area (Å²) < 4.78 is 25.6. The van der Waals surface area contributed by atoms with Crippen LogP contribution in [0.5, 0.6) is 5.75 Å². The molecule has 5 fully saturated rings. The van der Waals surface area contributed by atoms with E-state index in [4.69, 9.17) is 98.8 Å². The van der Waals surface area contributed by atoms with Gasteiger partial charge in [0.1, 0.15) is 54.2 Å². The van der Waals surface area contributed by atoms with Crippen LogP contribution < -0.4 is 27.1 Å². The molecule has 0 aliphatic heterocycles. The molecule has 5 saturated carbocycles. The number of carboxylic acid groups (broad SMARTS) is 2. The Hall–Kier alpha value is -12.3. The van der Waals surface area contributed by atoms with Crippen molar-refractivity contribution < 1.29 is 77.1 Å². The van der Waals surface area contributed by atoms with Crippen molar-refractivity contribution in [3.05, 3.63) is 248 Å². The third-order valence-electron chi connectivity index (χ3n) is 23.9. The third kappa shape index (κ3) is 36.0. The van der Waals surface area contributed by atoms with Crippen LogP contribution in [-0.2, 0) is 72.4 Å². The fraction of sp³-hybridized carbons (Fsp3) is 0.455. The fourth-order valence-corrected chi connectivity index (χ4v) is 17.7. The molecule has 5 aliphatic carbocycles. The van der Waals surface area contributed by atoms with Gasteiger partial charge in [-0.3, -0.25) is 33.6 Å². The van der Waals surface area contributed by atoms with Crippen molar-refractivity contribution in [3.63, 3.8) is 0 Å². The van der Waals surface area contributed by atoms with Crippen molar-refractivity contribution in [2.24, 2.45) is 34.6 Å². The lowest BCUT2D eigenvalue weighted by Crippen LogP contribution is -2.47. The number of aryl methyl sites for hydroxylation is 1. The molecule has 0 radical (unpaired) electrons. The van der Waals surface area contributed by atoms with Crippen molar-refractivity contribution in [1.29, 1.82) is 0 Å². The van der Waals surface area contributed by atoms with E-state index in [1.54, 1.807) is 91.5 Å². The van der Waals surface area contributed by atoms with E-state index < -0.39 is 47.0 Å². The summed E-state index contributed by atoms with van der Waals surface area (Å²) in [7, 11) is 1.49. The number of unbranched alkanes of at least 4 members (excludes halogenated alkanes) is 2. The molecule has 3 aromatic heterocycles. The molecule has 764 valence electrons. The van der Waals surface area contributed by atoms with Gasteiger partial charge in [0.05, 0.1) is 72.5 Å². The van der Waals surface area contributed by atoms with E-state index in [1.165, 1.54) is 37.4 Å². The molecule has 4 N–H and O–H groups in total. The number of carbonyl (C=O) groups is 9. The number of amides is 2. The van der Waals surface area contributed by atoms with Crippen LogP contribution in [0.4, 0.5) is 15.3 Å². The lowest BCUT2D eigenvalue weighted by atomic mass is 9.85. The smallest absolute Gasteiger partial charge is 0.377 e. The second-order valence-electron chi connectivity index (χ2n) is 33.3. The second-order valence-corrected chi connectivity index (χ2v) is 35.8. The average molecular weight is 2080 g/mol. The Kier molecular flexibility index (Phi) is 51.1. The molecule has 0 bridgehead atoms. The van der Waals surface area contributed by atoms with Crippen molar-refractivity contribution in [2.45, 2.75) is 241 Å². The molecule has 0 unspecified atom stereocenters. The van der Waals surface area contributed by atoms with E-state index in [1.807, 2.05) is 112 Å². The highest BCUT2D eigenvalue weighted by atomic mass is 35.5. The van der Waals surface area contributed by atoms with E-state index in [0.29, 0.717) is 177 Å². The Morgan fingerprint density at radius 1 is 0.437 bits per heavy atom. The number of benzene rings is 7. The summed E-state index contributed by atoms with van der Waals surface area (Å²) >= 11 is 35.7. The van der Waals surface area contributed by atoms with Gasteiger partial charge in [0.15, 0.2) is 0 Å². The van der Waals surface area contributed by atoms with Gasteiger partial charge in [0, 0.05) is 56.9 Å². The summed E-state index contributed by atoms with van der Waals surface area (Å²) in [5.41, 5.74) is 3.00. The number of H-pyrrole nitrogens is 1. The first-order valence-corrected chi connectivity index (χ1v) is 49.8. The normalized spacial score (nSPS) is 16.9. The number of hydrogen-bond acceptors (Lipinski definition) is 25. The van der Waals surface area contributed by atoms with Crippen LogP contribution in [0.3, 0.4) is 0 Å². The second kappa shape index (κ2) is 62.2. The number of carbonyl (C=O) groups excluding carboxylic acids is 8. The largest absolute Gasteiger partial charge is 0.494 e. The van der Waals surface area contributed by atoms with E-state index in [0.717, 1.165) is 73.2 Å². The summed E-state index contributed by atoms with van der Waals surface area (Å²) in [6.07, 6.45) is 18.4. The predicted octanol–water partition coefficient (Wildman–Crippen LogP) is 19.7. The van der Waals surface area contributed by atoms with Gasteiger partial charge < -0.3 is 44.3 Å². The Bertz CT molecular complexity index is 5850. The minimum atomic E-state index is -0.816. The Labute approximate surface area is 854 Å². The van der Waals surface area contributed by atoms with Crippen molar-refractivity contribution >= 4 is 135 Å². The molecule has 35 nitrogen and oxygen atoms in total. The number of carboxylic acids is 2. The zero-order chi connectivity index (χ0) is 104. The van der Waals surface area contributed by atoms with Gasteiger partial charge in [-0.2, -0.15) is 19.0 Å². The van der Waals surface area contributed by atoms with E-state index in [2.05, 4.69) is 67.5 Å². The summed E-state index contributed by atoms with van der Waals surface area (Å²) in [6, 6.07) is 48.1. The van der Waals surface area contributed by atoms with Crippen LogP contribution in [0.2, 0.25) is 30.1 Å². The number of Topliss-reactive ketones (excluding diaryl/α,β-unsaturated/α-hetero) is 2. The number of halogens is 6. The number of nitrogens with zero attached hydrogens (tertiary/aromatic N) is 14. The van der Waals surface area contributed by atoms with Crippen LogP contribution in [0.1, 0.15) is 218 Å². The maximum Gasteiger partial charge on any atom is 0.377 e. The fourth-order valence-electron chi connectivity index (χ4n) is 16.1. The highest BCUT2D eigenvalue weighted by molar-refractivity contribution is 6.39. The predicted molar refractivity (Wildman–Crippen MR) is 541 cm³/mol. The Balaban J connectivity index is 0.000000231. The molecular weight excluding hydrogens is 1950 g/mol. The molecule has 41 heteroatoms. The van der Waals surface area contributed by atoms with Gasteiger partial charge in [-0.15, -0.1) is 9.36 Å². The SMILES string of the molecule is CC.CCCCC.CCN(C(=O)n1nnn(-c2c(C)cccc2Cl)c1=O)C1CCC(C(=O)OCc2ccccc2)CC1.CCN(C(=O)n1nnn(-c2c(Cl)cccc2Cl)c1=O)C1CCC(C(=O)O)CC1.CCNC1CCC(C(=O)OCc2ccccc2)CC1.COc1cccc(Cl)c1-n1nn[nH]c1=O.O=C1CCC(C(=O)O)CC1.O=C1CCC(C(=O)OCc2ccccc2)CC1.O=C=Nc1c(Cl)cccc1Cl. The Morgan fingerprint density at radius 2 is 0.789 bits per heavy atom. The average Bonchev–Trinajstić information content (AvgIpc) is 1.64. The molecule has 142 heavy (non-hydrogen) atoms. The van der Waals surface area contributed by atoms with Crippen molar-refractivity contribution in [1.82, 2.24) is 74.9 Å². The number of rotatable bonds is 24. The first kappa shape index (κ1) is 117. The number of aromatic nitrogens is 12. The molecule has 0 atom stereocenters. The number of esters is 3. The highest BCUT2D eigenvalue weighted by Crippen LogP contribution is 2.36. The first-order chi connectivity index (χ1) is 68.4. The number of ketones is 2. The lowest BCUT2D eigenvalue weighted by Gasteiger charge is -2.35. The van der Waals surface area contributed by atoms with Crippen LogP contribution >= 0.6 is 69.6 Å². The molecule has 0 spiro atoms. The zero-order valence-electron chi connectivity index (χ0n) is 81.1. The van der Waals surface area contributed by atoms with Crippen LogP contribution in [-0.4, -0.2) is 184 Å². The number of aromatic amines is 1. The quantitative estimate of drug-likeness (QED) is 0.0143. The number of tetrazole rings is 3. The van der Waals surface area contributed by atoms with Gasteiger partial charge >= 0.3 is 59.0 Å². The minimum Gasteiger partial charge on any atom is -0.494 e. The van der Waals surface area contributed by atoms with Gasteiger partial charge in [-0.1, -0.05) is 245 Å². The third-order valence-corrected chi connectivity index (χ3v) is 25.7. The monoisotopic (exact) mass is 2070 g/mol. The molecule has 2 amide bonds. The number of methoxy groups -OCH3 is 1. The van der Waals surface area contributed by atoms with Gasteiger partial charge in [0.25, 0.3) is 0 Å². The lowest BCUT2D eigenvalue weighted by molar-refractivity contribution is -0.152. The minimum absolute atomic E-state index is 0.0289. The van der Waals surface area contributed by atoms with E-state index in [9.17, 15) is 62.3 Å². The number of aliphatic carboxylic acids is 2. The topological polar surface area (TPSA) is 448 Å². The summed E-state index contributed by atoms with van der Waals surface area (Å²) in [5.74, 6) is -1.90. The number of isocyanates is 1. The van der Waals surface area contributed by atoms with Gasteiger partial charge in [0.2, 0.25) is 6.08 Å². The van der Waals surface area contributed by atoms with E-state index >= 15 is 0 Å². The van der Waals surface area contributed by atoms with Crippen molar-refractivity contribution in [2.75, 3.05) is 26.7 Å². The number of ether oxygens (including phenoxy) is 4. The summed E-state index contributed by atoms with van der Waals surface area (Å²) in [5, 5.41) is 47.2. The number of para-hydroxylation sites is 4. The number of aliphatic imine (C=N–C) groups is 1. The maximum atomic E-state index is 13.2. The zero-order valence-corrected chi connectivity index (χ0v) is 85.6. The van der Waals surface area contributed by atoms with Crippen LogP contribution in [0.15, 0.2) is 183 Å². The van der Waals surface area contributed by atoms with E-state index in [-0.39, 0.29) is 93.3 Å². The maximum absolute atomic E-state index is 13.2. The molecule has 7 aromatic carbocycles. The molecule has 15 rings (SSSR count). The number of hydrogen-bond donors (Lipinski definition) is 4. The molecule has 5 aliphatic rings. The number of nitrogens with one attached hydrogen (secondary N) is 2. The standard InChI is InChI=1S/C25H28ClN5O4.C17H19Cl2N5O4.C16H23NO2.C14H16O3.C8H7ClN4O2.C7H3Cl2NO.C7H10O3.C5H12.C2H6/c1-3-29(20-14-12-19(13-15-20)23(32)35-16-18-9-5-4-6-10-18)24(33)31-25(34)30(27-28-31)22-17(2)8-7-11-21(22)26;1-2-22(11-8-6-10(7-9-11)15(25)26)16(27)24-17(28)23(20-21-24)14-12(18)4-3-5-13(14)19;1-2-17-15-10-8-14(9-11-15)16(18)19-12-13-6-4-3-5-7-13;15-13-8-6-12(7-9-13)14(16)17-10-11-4-2-1-3-5-11;1-15-6-4-2-3-5(9)7(6)13-8(14)10-11-12-13;8-5-2-1-3-6(9)7(5)10-4-11;8-6-3-1-5(2-4-6)7(9)10;1-3-5-4-2;1-2/h4-11,19-20H,3,12-16H2,1-2H3;3-5,10-11H,2,6-9H2,1H3,(H,25,26);3-7,14-15,17H,2,8-12H2,1H3;1-5,12H,6-10H2;2-4H,1H3,(H,10,12,14);1-3H;5H,1-4H2,(H,9,10);3-5H2,1-2H3;1-2H3. The summed E-state index contributed by atoms with van der Waals surface area (Å²) in [4.78, 5) is 159.